The molecule has 0 atom stereocenters. The van der Waals surface area contributed by atoms with Gasteiger partial charge < -0.3 is 15.3 Å². The summed E-state index contributed by atoms with van der Waals surface area (Å²) in [6, 6.07) is 0. The number of aliphatic hydroxyl groups excluding tert-OH is 1. The van der Waals surface area contributed by atoms with Crippen molar-refractivity contribution >= 4 is 11.9 Å². The van der Waals surface area contributed by atoms with Crippen molar-refractivity contribution in [2.75, 3.05) is 6.61 Å². The molecule has 5 heteroatoms. The minimum absolute atomic E-state index is 0.361. The van der Waals surface area contributed by atoms with E-state index in [0.717, 1.165) is 6.42 Å². The number of carboxylic acid groups (broad SMARTS) is 2. The summed E-state index contributed by atoms with van der Waals surface area (Å²) in [6.45, 7) is 2.53. The largest absolute Gasteiger partial charge is 0.478 e. The number of carboxylic acids is 2. The topological polar surface area (TPSA) is 94.8 Å². The molecule has 0 aliphatic rings. The fourth-order valence-corrected chi connectivity index (χ4v) is 0.681. The average molecular weight is 218 g/mol. The lowest BCUT2D eigenvalue weighted by Gasteiger charge is -1.90. The molecule has 5 nitrogen and oxygen atoms in total. The zero-order chi connectivity index (χ0) is 12.1. The Hall–Kier alpha value is -1.36. The predicted molar refractivity (Wildman–Crippen MR) is 55.6 cm³/mol. The summed E-state index contributed by atoms with van der Waals surface area (Å²) in [5.74, 6) is -2.51. The number of unbranched alkanes of at least 4 members (excludes halogenated alkanes) is 3. The Morgan fingerprint density at radius 3 is 1.73 bits per heavy atom. The maximum atomic E-state index is 9.55. The molecule has 0 unspecified atom stereocenters. The molecule has 0 saturated heterocycles. The summed E-state index contributed by atoms with van der Waals surface area (Å²) in [4.78, 5) is 19.1. The lowest BCUT2D eigenvalue weighted by molar-refractivity contribution is -0.134. The van der Waals surface area contributed by atoms with Crippen LogP contribution in [0.1, 0.15) is 32.6 Å². The van der Waals surface area contributed by atoms with E-state index in [-0.39, 0.29) is 0 Å². The second kappa shape index (κ2) is 12.6. The van der Waals surface area contributed by atoms with Crippen LogP contribution in [-0.4, -0.2) is 33.9 Å². The Morgan fingerprint density at radius 2 is 1.47 bits per heavy atom. The van der Waals surface area contributed by atoms with Gasteiger partial charge in [-0.3, -0.25) is 0 Å². The Morgan fingerprint density at radius 1 is 1.00 bits per heavy atom. The average Bonchev–Trinajstić information content (AvgIpc) is 2.17. The van der Waals surface area contributed by atoms with Crippen LogP contribution in [0.5, 0.6) is 0 Å². The first-order valence-corrected chi connectivity index (χ1v) is 4.79. The van der Waals surface area contributed by atoms with Crippen LogP contribution in [0.4, 0.5) is 0 Å². The van der Waals surface area contributed by atoms with Crippen LogP contribution in [0.15, 0.2) is 12.2 Å². The minimum atomic E-state index is -1.26. The van der Waals surface area contributed by atoms with Gasteiger partial charge in [-0.15, -0.1) is 0 Å². The third kappa shape index (κ3) is 24.5. The molecule has 15 heavy (non-hydrogen) atoms. The Balaban J connectivity index is 0. The molecule has 0 fully saturated rings. The molecule has 0 amide bonds. The van der Waals surface area contributed by atoms with Crippen molar-refractivity contribution in [3.63, 3.8) is 0 Å². The molecule has 0 spiro atoms. The fourth-order valence-electron chi connectivity index (χ4n) is 0.681. The highest BCUT2D eigenvalue weighted by Crippen LogP contribution is 1.96. The van der Waals surface area contributed by atoms with Crippen LogP contribution >= 0.6 is 0 Å². The second-order valence-electron chi connectivity index (χ2n) is 2.79. The van der Waals surface area contributed by atoms with Crippen molar-refractivity contribution in [1.82, 2.24) is 0 Å². The molecule has 0 aliphatic carbocycles. The summed E-state index contributed by atoms with van der Waals surface area (Å²) >= 11 is 0. The smallest absolute Gasteiger partial charge is 0.328 e. The van der Waals surface area contributed by atoms with Crippen molar-refractivity contribution in [2.24, 2.45) is 0 Å². The van der Waals surface area contributed by atoms with Gasteiger partial charge in [0, 0.05) is 18.8 Å². The van der Waals surface area contributed by atoms with E-state index in [1.807, 2.05) is 0 Å². The van der Waals surface area contributed by atoms with E-state index in [9.17, 15) is 9.59 Å². The minimum Gasteiger partial charge on any atom is -0.478 e. The molecule has 0 aromatic carbocycles. The van der Waals surface area contributed by atoms with Gasteiger partial charge in [0.2, 0.25) is 0 Å². The molecule has 0 heterocycles. The lowest BCUT2D eigenvalue weighted by Crippen LogP contribution is -1.91. The zero-order valence-electron chi connectivity index (χ0n) is 8.85. The van der Waals surface area contributed by atoms with E-state index in [1.165, 1.54) is 19.3 Å². The molecule has 0 saturated carbocycles. The molecule has 0 aromatic heterocycles. The molecule has 0 aliphatic heterocycles. The monoisotopic (exact) mass is 218 g/mol. The maximum Gasteiger partial charge on any atom is 0.328 e. The summed E-state index contributed by atoms with van der Waals surface area (Å²) < 4.78 is 0. The lowest BCUT2D eigenvalue weighted by atomic mass is 10.2. The molecule has 3 N–H and O–H groups in total. The van der Waals surface area contributed by atoms with E-state index < -0.39 is 11.9 Å². The first-order chi connectivity index (χ1) is 7.04. The third-order valence-corrected chi connectivity index (χ3v) is 1.38. The molecule has 0 radical (unpaired) electrons. The summed E-state index contributed by atoms with van der Waals surface area (Å²) in [7, 11) is 0. The number of aliphatic carboxylic acids is 2. The van der Waals surface area contributed by atoms with Gasteiger partial charge in [0.25, 0.3) is 0 Å². The van der Waals surface area contributed by atoms with Crippen molar-refractivity contribution in [1.29, 1.82) is 0 Å². The van der Waals surface area contributed by atoms with Crippen molar-refractivity contribution < 1.29 is 24.9 Å². The van der Waals surface area contributed by atoms with E-state index in [4.69, 9.17) is 15.3 Å². The number of carbonyl (C=O) groups is 2. The molecular formula is C10H18O5. The number of hydrogen-bond donors (Lipinski definition) is 3. The second-order valence-corrected chi connectivity index (χ2v) is 2.79. The van der Waals surface area contributed by atoms with Gasteiger partial charge >= 0.3 is 11.9 Å². The number of hydrogen-bond acceptors (Lipinski definition) is 3. The Bertz CT molecular complexity index is 178. The SMILES string of the molecule is CCCCCCO.O=C(O)/C=C\C(=O)O. The van der Waals surface area contributed by atoms with Gasteiger partial charge in [0.1, 0.15) is 0 Å². The van der Waals surface area contributed by atoms with Gasteiger partial charge in [-0.1, -0.05) is 26.2 Å². The van der Waals surface area contributed by atoms with Gasteiger partial charge in [-0.25, -0.2) is 9.59 Å². The van der Waals surface area contributed by atoms with Crippen LogP contribution in [0.2, 0.25) is 0 Å². The maximum absolute atomic E-state index is 9.55. The molecule has 0 aromatic rings. The predicted octanol–water partition coefficient (Wildman–Crippen LogP) is 1.27. The van der Waals surface area contributed by atoms with Crippen LogP contribution in [0.25, 0.3) is 0 Å². The van der Waals surface area contributed by atoms with Crippen molar-refractivity contribution in [3.8, 4) is 0 Å². The van der Waals surface area contributed by atoms with Gasteiger partial charge in [0.05, 0.1) is 0 Å². The first-order valence-electron chi connectivity index (χ1n) is 4.79. The molecule has 88 valence electrons. The summed E-state index contributed by atoms with van der Waals surface area (Å²) in [6.07, 6.45) is 5.80. The highest BCUT2D eigenvalue weighted by molar-refractivity contribution is 5.89. The summed E-state index contributed by atoms with van der Waals surface area (Å²) in [5, 5.41) is 23.9. The highest BCUT2D eigenvalue weighted by atomic mass is 16.4. The van der Waals surface area contributed by atoms with Gasteiger partial charge in [-0.2, -0.15) is 0 Å². The fraction of sp³-hybridized carbons (Fsp3) is 0.600. The van der Waals surface area contributed by atoms with Crippen molar-refractivity contribution in [3.05, 3.63) is 12.2 Å². The highest BCUT2D eigenvalue weighted by Gasteiger charge is 1.88. The van der Waals surface area contributed by atoms with E-state index in [2.05, 4.69) is 6.92 Å². The van der Waals surface area contributed by atoms with Crippen LogP contribution < -0.4 is 0 Å². The Kier molecular flexibility index (Phi) is 13.6. The molecule has 0 bridgehead atoms. The van der Waals surface area contributed by atoms with Crippen LogP contribution in [0, 0.1) is 0 Å². The van der Waals surface area contributed by atoms with Gasteiger partial charge in [-0.05, 0) is 6.42 Å². The van der Waals surface area contributed by atoms with E-state index >= 15 is 0 Å². The van der Waals surface area contributed by atoms with Crippen LogP contribution in [0.3, 0.4) is 0 Å². The van der Waals surface area contributed by atoms with Crippen LogP contribution in [-0.2, 0) is 9.59 Å². The third-order valence-electron chi connectivity index (χ3n) is 1.38. The zero-order valence-corrected chi connectivity index (χ0v) is 8.85. The van der Waals surface area contributed by atoms with E-state index in [1.54, 1.807) is 0 Å². The van der Waals surface area contributed by atoms with Gasteiger partial charge in [0.15, 0.2) is 0 Å². The standard InChI is InChI=1S/C6H14O.C4H4O4/c1-2-3-4-5-6-7;5-3(6)1-2-4(7)8/h7H,2-6H2,1H3;1-2H,(H,5,6)(H,7,8)/b;2-1-. The number of rotatable bonds is 6. The first kappa shape index (κ1) is 16.1. The quantitative estimate of drug-likeness (QED) is 0.461. The van der Waals surface area contributed by atoms with Crippen molar-refractivity contribution in [2.45, 2.75) is 32.6 Å². The molecule has 0 rings (SSSR count). The summed E-state index contributed by atoms with van der Waals surface area (Å²) in [5.41, 5.74) is 0. The molecular weight excluding hydrogens is 200 g/mol. The van der Waals surface area contributed by atoms with E-state index in [0.29, 0.717) is 18.8 Å². The number of aliphatic hydroxyl groups is 1. The Labute approximate surface area is 89.0 Å². The normalized spacial score (nSPS) is 9.47.